The van der Waals surface area contributed by atoms with E-state index in [0.717, 1.165) is 0 Å². The summed E-state index contributed by atoms with van der Waals surface area (Å²) in [6.07, 6.45) is 0. The van der Waals surface area contributed by atoms with Gasteiger partial charge in [0.15, 0.2) is 0 Å². The standard InChI is InChI=1S/C18H21FN2O3/c1-10(2)16-15(18(23)24-4)14(11-5-7-12(19)8-6-11)13(9-20-3)17(22)21-16/h5-8,10,20H,9H2,1-4H3,(H,21,22). The van der Waals surface area contributed by atoms with Crippen LogP contribution in [0.1, 0.15) is 41.4 Å². The van der Waals surface area contributed by atoms with Crippen LogP contribution in [0.3, 0.4) is 0 Å². The molecule has 0 radical (unpaired) electrons. The summed E-state index contributed by atoms with van der Waals surface area (Å²) < 4.78 is 18.2. The van der Waals surface area contributed by atoms with Gasteiger partial charge in [-0.05, 0) is 30.7 Å². The normalized spacial score (nSPS) is 10.9. The van der Waals surface area contributed by atoms with Crippen molar-refractivity contribution in [1.29, 1.82) is 0 Å². The average molecular weight is 332 g/mol. The fourth-order valence-electron chi connectivity index (χ4n) is 2.69. The van der Waals surface area contributed by atoms with Gasteiger partial charge in [0.2, 0.25) is 0 Å². The summed E-state index contributed by atoms with van der Waals surface area (Å²) in [5.41, 5.74) is 2.02. The Morgan fingerprint density at radius 1 is 1.29 bits per heavy atom. The highest BCUT2D eigenvalue weighted by molar-refractivity contribution is 5.99. The molecule has 0 fully saturated rings. The molecule has 1 aromatic heterocycles. The van der Waals surface area contributed by atoms with Crippen molar-refractivity contribution in [3.8, 4) is 11.1 Å². The number of aromatic amines is 1. The molecule has 2 rings (SSSR count). The Balaban J connectivity index is 2.91. The first-order valence-electron chi connectivity index (χ1n) is 7.68. The molecule has 0 saturated carbocycles. The lowest BCUT2D eigenvalue weighted by molar-refractivity contribution is 0.0599. The lowest BCUT2D eigenvalue weighted by Gasteiger charge is -2.19. The summed E-state index contributed by atoms with van der Waals surface area (Å²) in [5.74, 6) is -1.01. The summed E-state index contributed by atoms with van der Waals surface area (Å²) in [6.45, 7) is 4.03. The van der Waals surface area contributed by atoms with E-state index in [1.54, 1.807) is 19.2 Å². The Kier molecular flexibility index (Phi) is 5.51. The number of H-pyrrole nitrogens is 1. The van der Waals surface area contributed by atoms with Crippen molar-refractivity contribution in [2.75, 3.05) is 14.2 Å². The molecule has 1 aromatic carbocycles. The van der Waals surface area contributed by atoms with Crippen molar-refractivity contribution >= 4 is 5.97 Å². The van der Waals surface area contributed by atoms with Crippen molar-refractivity contribution in [2.45, 2.75) is 26.3 Å². The molecule has 0 aliphatic carbocycles. The quantitative estimate of drug-likeness (QED) is 0.826. The van der Waals surface area contributed by atoms with Gasteiger partial charge in [-0.3, -0.25) is 4.79 Å². The minimum absolute atomic E-state index is 0.0883. The van der Waals surface area contributed by atoms with Gasteiger partial charge in [-0.25, -0.2) is 9.18 Å². The summed E-state index contributed by atoms with van der Waals surface area (Å²) in [5, 5.41) is 2.93. The van der Waals surface area contributed by atoms with Crippen molar-refractivity contribution in [1.82, 2.24) is 10.3 Å². The number of carbonyl (C=O) groups is 1. The van der Waals surface area contributed by atoms with Crippen molar-refractivity contribution in [2.24, 2.45) is 0 Å². The molecule has 24 heavy (non-hydrogen) atoms. The molecule has 2 N–H and O–H groups in total. The van der Waals surface area contributed by atoms with Crippen molar-refractivity contribution in [3.63, 3.8) is 0 Å². The molecule has 0 aliphatic rings. The fraction of sp³-hybridized carbons (Fsp3) is 0.333. The maximum Gasteiger partial charge on any atom is 0.340 e. The van der Waals surface area contributed by atoms with Crippen LogP contribution in [-0.4, -0.2) is 25.1 Å². The number of ether oxygens (including phenoxy) is 1. The van der Waals surface area contributed by atoms with E-state index in [2.05, 4.69) is 10.3 Å². The van der Waals surface area contributed by atoms with Gasteiger partial charge >= 0.3 is 5.97 Å². The zero-order chi connectivity index (χ0) is 17.9. The minimum atomic E-state index is -0.536. The number of methoxy groups -OCH3 is 1. The molecule has 0 amide bonds. The van der Waals surface area contributed by atoms with E-state index in [0.29, 0.717) is 27.9 Å². The summed E-state index contributed by atoms with van der Waals surface area (Å²) in [6, 6.07) is 5.71. The van der Waals surface area contributed by atoms with Gasteiger partial charge in [-0.15, -0.1) is 0 Å². The van der Waals surface area contributed by atoms with E-state index in [-0.39, 0.29) is 23.8 Å². The zero-order valence-corrected chi connectivity index (χ0v) is 14.2. The highest BCUT2D eigenvalue weighted by atomic mass is 19.1. The number of halogens is 1. The van der Waals surface area contributed by atoms with E-state index >= 15 is 0 Å². The molecule has 0 atom stereocenters. The van der Waals surface area contributed by atoms with Crippen LogP contribution in [0.2, 0.25) is 0 Å². The average Bonchev–Trinajstić information content (AvgIpc) is 2.56. The van der Waals surface area contributed by atoms with Crippen LogP contribution in [0.25, 0.3) is 11.1 Å². The number of esters is 1. The third-order valence-corrected chi connectivity index (χ3v) is 3.80. The second-order valence-electron chi connectivity index (χ2n) is 5.78. The predicted octanol–water partition coefficient (Wildman–Crippen LogP) is 2.81. The van der Waals surface area contributed by atoms with Gasteiger partial charge in [0, 0.05) is 23.4 Å². The van der Waals surface area contributed by atoms with Gasteiger partial charge in [0.1, 0.15) is 5.82 Å². The summed E-state index contributed by atoms with van der Waals surface area (Å²) in [7, 11) is 3.01. The molecule has 128 valence electrons. The molecule has 1 heterocycles. The number of rotatable bonds is 5. The number of pyridine rings is 1. The Labute approximate surface area is 139 Å². The Bertz CT molecular complexity index is 795. The minimum Gasteiger partial charge on any atom is -0.465 e. The van der Waals surface area contributed by atoms with E-state index in [1.807, 2.05) is 13.8 Å². The topological polar surface area (TPSA) is 71.2 Å². The Morgan fingerprint density at radius 2 is 1.92 bits per heavy atom. The number of benzene rings is 1. The van der Waals surface area contributed by atoms with Gasteiger partial charge in [-0.2, -0.15) is 0 Å². The smallest absolute Gasteiger partial charge is 0.340 e. The van der Waals surface area contributed by atoms with Crippen LogP contribution >= 0.6 is 0 Å². The number of aromatic nitrogens is 1. The van der Waals surface area contributed by atoms with Crippen LogP contribution in [0.4, 0.5) is 4.39 Å². The van der Waals surface area contributed by atoms with Crippen LogP contribution in [0.5, 0.6) is 0 Å². The molecule has 0 bridgehead atoms. The van der Waals surface area contributed by atoms with Gasteiger partial charge in [0.05, 0.1) is 12.7 Å². The van der Waals surface area contributed by atoms with E-state index in [9.17, 15) is 14.0 Å². The molecule has 0 saturated heterocycles. The zero-order valence-electron chi connectivity index (χ0n) is 14.2. The van der Waals surface area contributed by atoms with Gasteiger partial charge in [0.25, 0.3) is 5.56 Å². The van der Waals surface area contributed by atoms with Crippen LogP contribution in [0, 0.1) is 5.82 Å². The lowest BCUT2D eigenvalue weighted by atomic mass is 9.91. The first-order chi connectivity index (χ1) is 11.4. The van der Waals surface area contributed by atoms with Gasteiger partial charge < -0.3 is 15.0 Å². The van der Waals surface area contributed by atoms with Crippen LogP contribution in [-0.2, 0) is 11.3 Å². The number of hydrogen-bond acceptors (Lipinski definition) is 4. The third-order valence-electron chi connectivity index (χ3n) is 3.80. The lowest BCUT2D eigenvalue weighted by Crippen LogP contribution is -2.25. The second kappa shape index (κ2) is 7.40. The van der Waals surface area contributed by atoms with Crippen molar-refractivity contribution < 1.29 is 13.9 Å². The van der Waals surface area contributed by atoms with Crippen LogP contribution < -0.4 is 10.9 Å². The third kappa shape index (κ3) is 3.38. The molecule has 0 spiro atoms. The summed E-state index contributed by atoms with van der Waals surface area (Å²) >= 11 is 0. The molecule has 0 unspecified atom stereocenters. The maximum atomic E-state index is 13.3. The Morgan fingerprint density at radius 3 is 2.42 bits per heavy atom. The van der Waals surface area contributed by atoms with E-state index in [1.165, 1.54) is 19.2 Å². The molecule has 6 heteroatoms. The molecular formula is C18H21FN2O3. The fourth-order valence-corrected chi connectivity index (χ4v) is 2.69. The Hall–Kier alpha value is -2.47. The van der Waals surface area contributed by atoms with E-state index < -0.39 is 5.97 Å². The van der Waals surface area contributed by atoms with Gasteiger partial charge in [-0.1, -0.05) is 26.0 Å². The predicted molar refractivity (Wildman–Crippen MR) is 90.6 cm³/mol. The molecule has 0 aliphatic heterocycles. The largest absolute Gasteiger partial charge is 0.465 e. The van der Waals surface area contributed by atoms with Crippen molar-refractivity contribution in [3.05, 3.63) is 57.3 Å². The first-order valence-corrected chi connectivity index (χ1v) is 7.68. The summed E-state index contributed by atoms with van der Waals surface area (Å²) in [4.78, 5) is 27.8. The number of hydrogen-bond donors (Lipinski definition) is 2. The number of nitrogens with one attached hydrogen (secondary N) is 2. The number of carbonyl (C=O) groups excluding carboxylic acids is 1. The van der Waals surface area contributed by atoms with E-state index in [4.69, 9.17) is 4.74 Å². The highest BCUT2D eigenvalue weighted by Crippen LogP contribution is 2.31. The highest BCUT2D eigenvalue weighted by Gasteiger charge is 2.25. The monoisotopic (exact) mass is 332 g/mol. The molecule has 2 aromatic rings. The second-order valence-corrected chi connectivity index (χ2v) is 5.78. The SMILES string of the molecule is CNCc1c(-c2ccc(F)cc2)c(C(=O)OC)c(C(C)C)[nH]c1=O. The molecular weight excluding hydrogens is 311 g/mol. The van der Waals surface area contributed by atoms with Crippen LogP contribution in [0.15, 0.2) is 29.1 Å². The maximum absolute atomic E-state index is 13.3. The molecule has 5 nitrogen and oxygen atoms in total. The first kappa shape index (κ1) is 17.9.